The van der Waals surface area contributed by atoms with Crippen molar-refractivity contribution >= 4 is 22.6 Å². The topological polar surface area (TPSA) is 47.3 Å². The van der Waals surface area contributed by atoms with Gasteiger partial charge in [-0.1, -0.05) is 12.1 Å². The molecule has 4 heteroatoms. The summed E-state index contributed by atoms with van der Waals surface area (Å²) >= 11 is 2.29. The number of hydrogen-bond acceptors (Lipinski definition) is 3. The van der Waals surface area contributed by atoms with Crippen molar-refractivity contribution in [3.63, 3.8) is 0 Å². The van der Waals surface area contributed by atoms with Crippen LogP contribution in [-0.2, 0) is 4.74 Å². The average molecular weight is 330 g/mol. The Morgan fingerprint density at radius 1 is 1.31 bits per heavy atom. The predicted molar refractivity (Wildman–Crippen MR) is 72.5 cm³/mol. The van der Waals surface area contributed by atoms with Crippen LogP contribution in [-0.4, -0.2) is 6.61 Å². The Morgan fingerprint density at radius 3 is 2.62 bits per heavy atom. The van der Waals surface area contributed by atoms with E-state index in [1.54, 1.807) is 0 Å². The first-order valence-electron chi connectivity index (χ1n) is 5.35. The first kappa shape index (κ1) is 11.9. The van der Waals surface area contributed by atoms with Crippen LogP contribution in [0.3, 0.4) is 0 Å². The van der Waals surface area contributed by atoms with Gasteiger partial charge in [0.2, 0.25) is 0 Å². The maximum absolute atomic E-state index is 5.63. The van der Waals surface area contributed by atoms with E-state index in [9.17, 15) is 0 Å². The number of allylic oxidation sites excluding steroid dienone is 1. The maximum Gasteiger partial charge on any atom is 0.115 e. The van der Waals surface area contributed by atoms with Crippen LogP contribution in [0.15, 0.2) is 36.1 Å². The predicted octanol–water partition coefficient (Wildman–Crippen LogP) is 2.49. The molecule has 3 nitrogen and oxygen atoms in total. The van der Waals surface area contributed by atoms with E-state index in [1.165, 1.54) is 3.57 Å². The van der Waals surface area contributed by atoms with E-state index in [-0.39, 0.29) is 6.04 Å². The van der Waals surface area contributed by atoms with Gasteiger partial charge in [-0.3, -0.25) is 5.84 Å². The first-order valence-corrected chi connectivity index (χ1v) is 6.43. The average Bonchev–Trinajstić information content (AvgIpc) is 2.34. The number of hydrazine groups is 1. The summed E-state index contributed by atoms with van der Waals surface area (Å²) in [5.41, 5.74) is 3.95. The minimum atomic E-state index is -0.0303. The van der Waals surface area contributed by atoms with Gasteiger partial charge in [0.05, 0.1) is 6.61 Å². The van der Waals surface area contributed by atoms with Crippen LogP contribution in [0.5, 0.6) is 0 Å². The number of rotatable bonds is 3. The van der Waals surface area contributed by atoms with Gasteiger partial charge < -0.3 is 4.74 Å². The summed E-state index contributed by atoms with van der Waals surface area (Å²) in [5.74, 6) is 6.54. The van der Waals surface area contributed by atoms with Crippen molar-refractivity contribution in [1.82, 2.24) is 5.43 Å². The van der Waals surface area contributed by atoms with Crippen LogP contribution in [0, 0.1) is 3.57 Å². The lowest BCUT2D eigenvalue weighted by atomic mass is 10.0. The molecule has 0 radical (unpaired) electrons. The highest BCUT2D eigenvalue weighted by Crippen LogP contribution is 2.25. The van der Waals surface area contributed by atoms with Gasteiger partial charge in [0, 0.05) is 3.57 Å². The Hall–Kier alpha value is -0.590. The molecule has 2 rings (SSSR count). The van der Waals surface area contributed by atoms with Gasteiger partial charge in [0.25, 0.3) is 0 Å². The van der Waals surface area contributed by atoms with Crippen LogP contribution in [0.2, 0.25) is 0 Å². The molecular weight excluding hydrogens is 315 g/mol. The maximum atomic E-state index is 5.63. The molecule has 0 spiro atoms. The van der Waals surface area contributed by atoms with Crippen LogP contribution in [0.4, 0.5) is 0 Å². The Bertz CT molecular complexity index is 375. The molecule has 1 aliphatic heterocycles. The van der Waals surface area contributed by atoms with Crippen molar-refractivity contribution in [2.24, 2.45) is 5.84 Å². The van der Waals surface area contributed by atoms with Gasteiger partial charge in [-0.2, -0.15) is 0 Å². The summed E-state index contributed by atoms with van der Waals surface area (Å²) < 4.78 is 6.85. The SMILES string of the molecule is NNC(C1=CCCCO1)c1ccc(I)cc1. The standard InChI is InChI=1S/C12H15IN2O/c13-10-6-4-9(5-7-10)12(15-14)11-3-1-2-8-16-11/h3-7,12,15H,1-2,8,14H2. The molecule has 0 amide bonds. The zero-order valence-electron chi connectivity index (χ0n) is 8.95. The molecule has 1 atom stereocenters. The lowest BCUT2D eigenvalue weighted by Crippen LogP contribution is -2.31. The third-order valence-corrected chi connectivity index (χ3v) is 3.34. The smallest absolute Gasteiger partial charge is 0.115 e. The van der Waals surface area contributed by atoms with Crippen molar-refractivity contribution in [3.8, 4) is 0 Å². The van der Waals surface area contributed by atoms with Gasteiger partial charge >= 0.3 is 0 Å². The Balaban J connectivity index is 2.21. The number of hydrogen-bond donors (Lipinski definition) is 2. The van der Waals surface area contributed by atoms with E-state index in [2.05, 4.69) is 58.4 Å². The van der Waals surface area contributed by atoms with E-state index in [1.807, 2.05) is 0 Å². The highest BCUT2D eigenvalue weighted by Gasteiger charge is 2.18. The molecule has 1 aliphatic rings. The molecular formula is C12H15IN2O. The molecule has 1 aromatic carbocycles. The summed E-state index contributed by atoms with van der Waals surface area (Å²) in [6.45, 7) is 0.786. The molecule has 0 saturated carbocycles. The summed E-state index contributed by atoms with van der Waals surface area (Å²) in [6.07, 6.45) is 4.28. The fourth-order valence-corrected chi connectivity index (χ4v) is 2.14. The molecule has 0 aromatic heterocycles. The minimum Gasteiger partial charge on any atom is -0.496 e. The number of nitrogens with one attached hydrogen (secondary N) is 1. The zero-order valence-corrected chi connectivity index (χ0v) is 11.1. The quantitative estimate of drug-likeness (QED) is 0.509. The third kappa shape index (κ3) is 2.75. The van der Waals surface area contributed by atoms with Crippen LogP contribution in [0.25, 0.3) is 0 Å². The third-order valence-electron chi connectivity index (χ3n) is 2.62. The highest BCUT2D eigenvalue weighted by atomic mass is 127. The molecule has 1 heterocycles. The number of halogens is 1. The lowest BCUT2D eigenvalue weighted by Gasteiger charge is -2.23. The Kier molecular flexibility index (Phi) is 4.20. The fourth-order valence-electron chi connectivity index (χ4n) is 1.78. The fraction of sp³-hybridized carbons (Fsp3) is 0.333. The highest BCUT2D eigenvalue weighted by molar-refractivity contribution is 14.1. The first-order chi connectivity index (χ1) is 7.81. The van der Waals surface area contributed by atoms with E-state index in [4.69, 9.17) is 10.6 Å². The van der Waals surface area contributed by atoms with Crippen molar-refractivity contribution in [2.75, 3.05) is 6.61 Å². The second kappa shape index (κ2) is 5.65. The minimum absolute atomic E-state index is 0.0303. The van der Waals surface area contributed by atoms with Gasteiger partial charge in [-0.15, -0.1) is 0 Å². The normalized spacial score (nSPS) is 17.5. The van der Waals surface area contributed by atoms with Crippen molar-refractivity contribution in [3.05, 3.63) is 45.2 Å². The van der Waals surface area contributed by atoms with Crippen LogP contribution < -0.4 is 11.3 Å². The van der Waals surface area contributed by atoms with Crippen molar-refractivity contribution in [2.45, 2.75) is 18.9 Å². The molecule has 86 valence electrons. The summed E-state index contributed by atoms with van der Waals surface area (Å²) in [4.78, 5) is 0. The van der Waals surface area contributed by atoms with Gasteiger partial charge in [-0.05, 0) is 59.2 Å². The van der Waals surface area contributed by atoms with Crippen molar-refractivity contribution in [1.29, 1.82) is 0 Å². The van der Waals surface area contributed by atoms with Gasteiger partial charge in [-0.25, -0.2) is 5.43 Å². The largest absolute Gasteiger partial charge is 0.496 e. The molecule has 16 heavy (non-hydrogen) atoms. The van der Waals surface area contributed by atoms with E-state index in [0.717, 1.165) is 30.8 Å². The van der Waals surface area contributed by atoms with E-state index < -0.39 is 0 Å². The second-order valence-corrected chi connectivity index (χ2v) is 4.99. The van der Waals surface area contributed by atoms with E-state index in [0.29, 0.717) is 0 Å². The molecule has 0 saturated heterocycles. The van der Waals surface area contributed by atoms with E-state index >= 15 is 0 Å². The second-order valence-electron chi connectivity index (χ2n) is 3.75. The van der Waals surface area contributed by atoms with Crippen LogP contribution >= 0.6 is 22.6 Å². The van der Waals surface area contributed by atoms with Crippen LogP contribution in [0.1, 0.15) is 24.4 Å². The summed E-state index contributed by atoms with van der Waals surface area (Å²) in [7, 11) is 0. The molecule has 1 unspecified atom stereocenters. The monoisotopic (exact) mass is 330 g/mol. The molecule has 1 aromatic rings. The van der Waals surface area contributed by atoms with Crippen molar-refractivity contribution < 1.29 is 4.74 Å². The lowest BCUT2D eigenvalue weighted by molar-refractivity contribution is 0.168. The number of ether oxygens (including phenoxy) is 1. The van der Waals surface area contributed by atoms with Gasteiger partial charge in [0.15, 0.2) is 0 Å². The summed E-state index contributed by atoms with van der Waals surface area (Å²) in [5, 5.41) is 0. The number of nitrogens with two attached hydrogens (primary N) is 1. The van der Waals surface area contributed by atoms with Gasteiger partial charge in [0.1, 0.15) is 11.8 Å². The summed E-state index contributed by atoms with van der Waals surface area (Å²) in [6, 6.07) is 8.26. The molecule has 3 N–H and O–H groups in total. The Labute approximate surface area is 109 Å². The molecule has 0 fully saturated rings. The molecule has 0 bridgehead atoms. The Morgan fingerprint density at radius 2 is 2.06 bits per heavy atom. The number of benzene rings is 1. The molecule has 0 aliphatic carbocycles. The zero-order chi connectivity index (χ0) is 11.4.